The number of hydrogen-bond acceptors (Lipinski definition) is 6. The molecule has 1 aromatic heterocycles. The van der Waals surface area contributed by atoms with Gasteiger partial charge in [0.15, 0.2) is 16.3 Å². The summed E-state index contributed by atoms with van der Waals surface area (Å²) in [6, 6.07) is 7.88. The molecule has 0 radical (unpaired) electrons. The Hall–Kier alpha value is -3.64. The molecule has 0 N–H and O–H groups in total. The van der Waals surface area contributed by atoms with Gasteiger partial charge in [0.1, 0.15) is 0 Å². The number of nitrogens with zero attached hydrogens (tertiary/aromatic N) is 3. The molecule has 0 aliphatic heterocycles. The van der Waals surface area contributed by atoms with Gasteiger partial charge in [-0.05, 0) is 13.0 Å². The molecule has 2 aromatic carbocycles. The topological polar surface area (TPSA) is 96.0 Å². The highest BCUT2D eigenvalue weighted by Crippen LogP contribution is 2.33. The number of terminal acetylenes is 1. The van der Waals surface area contributed by atoms with Gasteiger partial charge in [0, 0.05) is 23.8 Å². The van der Waals surface area contributed by atoms with Crippen LogP contribution in [0.2, 0.25) is 0 Å². The van der Waals surface area contributed by atoms with E-state index in [1.165, 1.54) is 50.7 Å². The van der Waals surface area contributed by atoms with Gasteiger partial charge in [-0.2, -0.15) is 4.99 Å². The predicted molar refractivity (Wildman–Crippen MR) is 109 cm³/mol. The first kappa shape index (κ1) is 20.1. The molecule has 0 saturated carbocycles. The molecule has 9 heteroatoms. The van der Waals surface area contributed by atoms with Crippen molar-refractivity contribution in [1.82, 2.24) is 4.57 Å². The lowest BCUT2D eigenvalue weighted by Gasteiger charge is -2.08. The second kappa shape index (κ2) is 8.16. The van der Waals surface area contributed by atoms with Crippen molar-refractivity contribution in [3.8, 4) is 23.8 Å². The van der Waals surface area contributed by atoms with Crippen LogP contribution in [0.4, 0.5) is 5.69 Å². The van der Waals surface area contributed by atoms with Crippen LogP contribution in [-0.4, -0.2) is 29.6 Å². The van der Waals surface area contributed by atoms with E-state index < -0.39 is 10.8 Å². The first-order valence-corrected chi connectivity index (χ1v) is 9.24. The maximum atomic E-state index is 12.8. The second-order valence-electron chi connectivity index (χ2n) is 5.97. The van der Waals surface area contributed by atoms with Gasteiger partial charge in [-0.15, -0.1) is 6.42 Å². The van der Waals surface area contributed by atoms with Gasteiger partial charge in [0.05, 0.1) is 41.5 Å². The summed E-state index contributed by atoms with van der Waals surface area (Å²) in [4.78, 5) is 28.0. The minimum atomic E-state index is -0.581. The first-order valence-electron chi connectivity index (χ1n) is 8.43. The van der Waals surface area contributed by atoms with Gasteiger partial charge in [0.25, 0.3) is 11.6 Å². The third kappa shape index (κ3) is 3.70. The SMILES string of the molecule is C#CCn1c(=NC(=O)c2cccc([N+](=O)[O-])c2C)sc2cc(OC)c(OC)cc21. The molecule has 1 amide bonds. The van der Waals surface area contributed by atoms with Crippen molar-refractivity contribution in [3.05, 3.63) is 56.4 Å². The summed E-state index contributed by atoms with van der Waals surface area (Å²) in [6.45, 7) is 1.71. The van der Waals surface area contributed by atoms with Crippen LogP contribution in [0.25, 0.3) is 10.2 Å². The number of carbonyl (C=O) groups is 1. The molecule has 0 bridgehead atoms. The van der Waals surface area contributed by atoms with E-state index >= 15 is 0 Å². The highest BCUT2D eigenvalue weighted by molar-refractivity contribution is 7.16. The Balaban J connectivity index is 2.21. The molecule has 1 heterocycles. The van der Waals surface area contributed by atoms with Crippen LogP contribution in [0.5, 0.6) is 11.5 Å². The van der Waals surface area contributed by atoms with E-state index in [4.69, 9.17) is 15.9 Å². The summed E-state index contributed by atoms with van der Waals surface area (Å²) in [6.07, 6.45) is 5.50. The monoisotopic (exact) mass is 411 g/mol. The zero-order valence-electron chi connectivity index (χ0n) is 16.0. The Morgan fingerprint density at radius 2 is 2.00 bits per heavy atom. The summed E-state index contributed by atoms with van der Waals surface area (Å²) in [5, 5.41) is 11.1. The van der Waals surface area contributed by atoms with E-state index in [1.54, 1.807) is 16.7 Å². The van der Waals surface area contributed by atoms with Gasteiger partial charge in [0.2, 0.25) is 0 Å². The van der Waals surface area contributed by atoms with Crippen LogP contribution in [-0.2, 0) is 6.54 Å². The molecular formula is C20H17N3O5S. The smallest absolute Gasteiger partial charge is 0.280 e. The zero-order valence-corrected chi connectivity index (χ0v) is 16.8. The van der Waals surface area contributed by atoms with Crippen LogP contribution in [0.1, 0.15) is 15.9 Å². The number of amides is 1. The van der Waals surface area contributed by atoms with E-state index in [0.29, 0.717) is 16.3 Å². The van der Waals surface area contributed by atoms with E-state index in [0.717, 1.165) is 10.2 Å². The highest BCUT2D eigenvalue weighted by atomic mass is 32.1. The molecule has 3 aromatic rings. The minimum absolute atomic E-state index is 0.131. The predicted octanol–water partition coefficient (Wildman–Crippen LogP) is 3.31. The minimum Gasteiger partial charge on any atom is -0.493 e. The number of nitro groups is 1. The van der Waals surface area contributed by atoms with Gasteiger partial charge in [-0.25, -0.2) is 0 Å². The van der Waals surface area contributed by atoms with Crippen molar-refractivity contribution >= 4 is 33.1 Å². The van der Waals surface area contributed by atoms with Gasteiger partial charge >= 0.3 is 0 Å². The molecule has 29 heavy (non-hydrogen) atoms. The fraction of sp³-hybridized carbons (Fsp3) is 0.200. The zero-order chi connectivity index (χ0) is 21.1. The molecule has 0 atom stereocenters. The third-order valence-corrected chi connectivity index (χ3v) is 5.41. The standard InChI is InChI=1S/C20H17N3O5S/c1-5-9-22-15-10-16(27-3)17(28-4)11-18(15)29-20(22)21-19(24)13-7-6-8-14(12(13)2)23(25)26/h1,6-8,10-11H,9H2,2-4H3. The highest BCUT2D eigenvalue weighted by Gasteiger charge is 2.18. The molecular weight excluding hydrogens is 394 g/mol. The van der Waals surface area contributed by atoms with Crippen LogP contribution in [0.15, 0.2) is 35.3 Å². The van der Waals surface area contributed by atoms with Crippen molar-refractivity contribution in [3.63, 3.8) is 0 Å². The Bertz CT molecular complexity index is 1230. The molecule has 0 fully saturated rings. The molecule has 8 nitrogen and oxygen atoms in total. The lowest BCUT2D eigenvalue weighted by atomic mass is 10.1. The van der Waals surface area contributed by atoms with Crippen LogP contribution in [0.3, 0.4) is 0 Å². The summed E-state index contributed by atoms with van der Waals surface area (Å²) in [5.74, 6) is 3.04. The lowest BCUT2D eigenvalue weighted by Crippen LogP contribution is -2.17. The number of rotatable bonds is 5. The number of ether oxygens (including phenoxy) is 2. The number of fused-ring (bicyclic) bond motifs is 1. The van der Waals surface area contributed by atoms with E-state index in [-0.39, 0.29) is 23.4 Å². The van der Waals surface area contributed by atoms with Crippen LogP contribution < -0.4 is 14.3 Å². The van der Waals surface area contributed by atoms with Crippen molar-refractivity contribution in [2.75, 3.05) is 14.2 Å². The van der Waals surface area contributed by atoms with Crippen molar-refractivity contribution in [2.45, 2.75) is 13.5 Å². The molecule has 0 aliphatic rings. The quantitative estimate of drug-likeness (QED) is 0.365. The van der Waals surface area contributed by atoms with E-state index in [2.05, 4.69) is 10.9 Å². The third-order valence-electron chi connectivity index (χ3n) is 4.37. The van der Waals surface area contributed by atoms with Crippen LogP contribution >= 0.6 is 11.3 Å². The summed E-state index contributed by atoms with van der Waals surface area (Å²) < 4.78 is 13.2. The number of aromatic nitrogens is 1. The fourth-order valence-electron chi connectivity index (χ4n) is 2.93. The van der Waals surface area contributed by atoms with E-state index in [1.807, 2.05) is 0 Å². The van der Waals surface area contributed by atoms with Crippen molar-refractivity contribution < 1.29 is 19.2 Å². The average Bonchev–Trinajstić information content (AvgIpc) is 3.03. The van der Waals surface area contributed by atoms with Crippen LogP contribution in [0, 0.1) is 29.4 Å². The largest absolute Gasteiger partial charge is 0.493 e. The van der Waals surface area contributed by atoms with Crippen molar-refractivity contribution in [1.29, 1.82) is 0 Å². The maximum Gasteiger partial charge on any atom is 0.280 e. The van der Waals surface area contributed by atoms with E-state index in [9.17, 15) is 14.9 Å². The van der Waals surface area contributed by atoms with Gasteiger partial charge in [-0.1, -0.05) is 23.3 Å². The maximum absolute atomic E-state index is 12.8. The number of hydrogen-bond donors (Lipinski definition) is 0. The molecule has 0 spiro atoms. The average molecular weight is 411 g/mol. The number of carbonyl (C=O) groups excluding carboxylic acids is 1. The molecule has 0 aliphatic carbocycles. The summed E-state index contributed by atoms with van der Waals surface area (Å²) in [7, 11) is 3.06. The van der Waals surface area contributed by atoms with Crippen molar-refractivity contribution in [2.24, 2.45) is 4.99 Å². The second-order valence-corrected chi connectivity index (χ2v) is 6.98. The normalized spacial score (nSPS) is 11.3. The summed E-state index contributed by atoms with van der Waals surface area (Å²) >= 11 is 1.26. The molecule has 3 rings (SSSR count). The first-order chi connectivity index (χ1) is 13.9. The number of benzene rings is 2. The molecule has 0 saturated heterocycles. The summed E-state index contributed by atoms with van der Waals surface area (Å²) in [5.41, 5.74) is 1.04. The Morgan fingerprint density at radius 1 is 1.31 bits per heavy atom. The number of thiazole rings is 1. The number of methoxy groups -OCH3 is 2. The van der Waals surface area contributed by atoms with Gasteiger partial charge < -0.3 is 14.0 Å². The molecule has 0 unspecified atom stereocenters. The Morgan fingerprint density at radius 3 is 2.62 bits per heavy atom. The lowest BCUT2D eigenvalue weighted by molar-refractivity contribution is -0.385. The van der Waals surface area contributed by atoms with Gasteiger partial charge in [-0.3, -0.25) is 14.9 Å². The fourth-order valence-corrected chi connectivity index (χ4v) is 3.96. The Labute approximate surface area is 170 Å². The Kier molecular flexibility index (Phi) is 5.66. The number of nitro benzene ring substituents is 1. The molecule has 148 valence electrons.